The average Bonchev–Trinajstić information content (AvgIpc) is 2.55. The van der Waals surface area contributed by atoms with E-state index in [9.17, 15) is 18.5 Å². The van der Waals surface area contributed by atoms with Crippen LogP contribution in [0.2, 0.25) is 0 Å². The van der Waals surface area contributed by atoms with Crippen LogP contribution in [0.15, 0.2) is 34.7 Å². The number of hydrogen-bond acceptors (Lipinski definition) is 5. The molecule has 1 N–H and O–H groups in total. The van der Waals surface area contributed by atoms with E-state index in [1.54, 1.807) is 0 Å². The van der Waals surface area contributed by atoms with Gasteiger partial charge in [-0.3, -0.25) is 10.1 Å². The number of hydrogen-bond donors (Lipinski definition) is 1. The molecule has 126 valence electrons. The van der Waals surface area contributed by atoms with Crippen LogP contribution in [0.5, 0.6) is 5.75 Å². The van der Waals surface area contributed by atoms with Gasteiger partial charge in [0.15, 0.2) is 0 Å². The highest BCUT2D eigenvalue weighted by atomic mass is 32.2. The molecule has 0 heterocycles. The molecular weight excluding hydrogens is 320 g/mol. The monoisotopic (exact) mass is 340 g/mol. The van der Waals surface area contributed by atoms with E-state index in [-0.39, 0.29) is 22.9 Å². The lowest BCUT2D eigenvalue weighted by Crippen LogP contribution is -2.25. The summed E-state index contributed by atoms with van der Waals surface area (Å²) in [6.45, 7) is 0.264. The molecule has 1 aliphatic rings. The van der Waals surface area contributed by atoms with Crippen LogP contribution in [0.1, 0.15) is 32.1 Å². The molecule has 1 aromatic rings. The van der Waals surface area contributed by atoms with Crippen molar-refractivity contribution in [3.8, 4) is 5.75 Å². The Balaban J connectivity index is 2.13. The quantitative estimate of drug-likeness (QED) is 0.467. The molecule has 0 aliphatic heterocycles. The van der Waals surface area contributed by atoms with Gasteiger partial charge < -0.3 is 4.74 Å². The van der Waals surface area contributed by atoms with E-state index in [1.807, 2.05) is 0 Å². The first-order valence-electron chi connectivity index (χ1n) is 7.44. The van der Waals surface area contributed by atoms with E-state index >= 15 is 0 Å². The van der Waals surface area contributed by atoms with E-state index in [4.69, 9.17) is 4.74 Å². The normalized spacial score (nSPS) is 15.1. The Morgan fingerprint density at radius 1 is 1.35 bits per heavy atom. The first kappa shape index (κ1) is 17.4. The van der Waals surface area contributed by atoms with Crippen molar-refractivity contribution in [1.29, 1.82) is 0 Å². The lowest BCUT2D eigenvalue weighted by Gasteiger charge is -2.14. The standard InChI is InChI=1S/C15H20N2O5S/c1-22-14-8-7-13(17(18)19)11-15(14)23(20,21)16-10-9-12-5-3-2-4-6-12/h5,7-8,11,16H,2-4,6,9-10H2,1H3. The summed E-state index contributed by atoms with van der Waals surface area (Å²) in [5, 5.41) is 10.8. The molecule has 0 unspecified atom stereocenters. The van der Waals surface area contributed by atoms with Crippen LogP contribution < -0.4 is 9.46 Å². The highest BCUT2D eigenvalue weighted by molar-refractivity contribution is 7.89. The van der Waals surface area contributed by atoms with Crippen LogP contribution in [-0.4, -0.2) is 27.0 Å². The van der Waals surface area contributed by atoms with Gasteiger partial charge >= 0.3 is 0 Å². The Morgan fingerprint density at radius 3 is 2.74 bits per heavy atom. The third kappa shape index (κ3) is 4.52. The van der Waals surface area contributed by atoms with Gasteiger partial charge in [0.1, 0.15) is 10.6 Å². The van der Waals surface area contributed by atoms with Crippen molar-refractivity contribution in [2.75, 3.05) is 13.7 Å². The molecule has 23 heavy (non-hydrogen) atoms. The Morgan fingerprint density at radius 2 is 2.13 bits per heavy atom. The average molecular weight is 340 g/mol. The topological polar surface area (TPSA) is 98.5 Å². The second-order valence-corrected chi connectivity index (χ2v) is 7.08. The summed E-state index contributed by atoms with van der Waals surface area (Å²) in [5.74, 6) is 0.0833. The minimum atomic E-state index is -3.87. The highest BCUT2D eigenvalue weighted by Crippen LogP contribution is 2.28. The molecule has 0 saturated carbocycles. The van der Waals surface area contributed by atoms with Gasteiger partial charge in [-0.2, -0.15) is 0 Å². The molecule has 1 aliphatic carbocycles. The Bertz CT molecular complexity index is 713. The first-order chi connectivity index (χ1) is 10.9. The second kappa shape index (κ2) is 7.56. The maximum absolute atomic E-state index is 12.4. The highest BCUT2D eigenvalue weighted by Gasteiger charge is 2.22. The van der Waals surface area contributed by atoms with Crippen molar-refractivity contribution >= 4 is 15.7 Å². The molecule has 7 nitrogen and oxygen atoms in total. The van der Waals surface area contributed by atoms with Crippen LogP contribution in [0.3, 0.4) is 0 Å². The minimum absolute atomic E-state index is 0.0833. The fraction of sp³-hybridized carbons (Fsp3) is 0.467. The maximum Gasteiger partial charge on any atom is 0.271 e. The minimum Gasteiger partial charge on any atom is -0.495 e. The van der Waals surface area contributed by atoms with E-state index in [1.165, 1.54) is 31.2 Å². The van der Waals surface area contributed by atoms with E-state index in [2.05, 4.69) is 10.8 Å². The molecule has 0 saturated heterocycles. The zero-order valence-corrected chi connectivity index (χ0v) is 13.8. The first-order valence-corrected chi connectivity index (χ1v) is 8.92. The summed E-state index contributed by atoms with van der Waals surface area (Å²) >= 11 is 0. The molecule has 0 atom stereocenters. The van der Waals surface area contributed by atoms with Gasteiger partial charge in [0.05, 0.1) is 12.0 Å². The molecule has 0 radical (unpaired) electrons. The SMILES string of the molecule is COc1ccc([N+](=O)[O-])cc1S(=O)(=O)NCCC1=CCCCC1. The molecule has 0 fully saturated rings. The fourth-order valence-corrected chi connectivity index (χ4v) is 3.76. The van der Waals surface area contributed by atoms with E-state index < -0.39 is 14.9 Å². The van der Waals surface area contributed by atoms with Gasteiger partial charge in [0.2, 0.25) is 10.0 Å². The number of nitro benzene ring substituents is 1. The van der Waals surface area contributed by atoms with Crippen molar-refractivity contribution in [3.63, 3.8) is 0 Å². The van der Waals surface area contributed by atoms with Crippen LogP contribution in [-0.2, 0) is 10.0 Å². The van der Waals surface area contributed by atoms with Gasteiger partial charge in [-0.15, -0.1) is 0 Å². The van der Waals surface area contributed by atoms with Gasteiger partial charge in [-0.05, 0) is 38.2 Å². The molecular formula is C15H20N2O5S. The molecule has 0 bridgehead atoms. The molecule has 0 spiro atoms. The van der Waals surface area contributed by atoms with Crippen molar-refractivity contribution in [3.05, 3.63) is 40.0 Å². The Hall–Kier alpha value is -1.93. The lowest BCUT2D eigenvalue weighted by atomic mass is 9.97. The van der Waals surface area contributed by atoms with Gasteiger partial charge in [0, 0.05) is 18.7 Å². The van der Waals surface area contributed by atoms with Gasteiger partial charge in [0.25, 0.3) is 5.69 Å². The number of nitrogens with zero attached hydrogens (tertiary/aromatic N) is 1. The third-order valence-electron chi connectivity index (χ3n) is 3.77. The number of methoxy groups -OCH3 is 1. The number of benzene rings is 1. The summed E-state index contributed by atoms with van der Waals surface area (Å²) in [6, 6.07) is 3.52. The summed E-state index contributed by atoms with van der Waals surface area (Å²) in [5.41, 5.74) is 0.964. The number of rotatable bonds is 7. The smallest absolute Gasteiger partial charge is 0.271 e. The number of nitrogens with one attached hydrogen (secondary N) is 1. The number of sulfonamides is 1. The lowest BCUT2D eigenvalue weighted by molar-refractivity contribution is -0.385. The van der Waals surface area contributed by atoms with Crippen LogP contribution >= 0.6 is 0 Å². The summed E-state index contributed by atoms with van der Waals surface area (Å²) < 4.78 is 32.3. The van der Waals surface area contributed by atoms with Crippen molar-refractivity contribution < 1.29 is 18.1 Å². The summed E-state index contributed by atoms with van der Waals surface area (Å²) in [4.78, 5) is 9.99. The number of ether oxygens (including phenoxy) is 1. The van der Waals surface area contributed by atoms with Crippen molar-refractivity contribution in [2.24, 2.45) is 0 Å². The Kier molecular flexibility index (Phi) is 5.73. The number of non-ortho nitro benzene ring substituents is 1. The summed E-state index contributed by atoms with van der Waals surface area (Å²) in [6.07, 6.45) is 7.17. The fourth-order valence-electron chi connectivity index (χ4n) is 2.54. The van der Waals surface area contributed by atoms with Crippen molar-refractivity contribution in [1.82, 2.24) is 4.72 Å². The zero-order chi connectivity index (χ0) is 16.9. The molecule has 0 amide bonds. The number of nitro groups is 1. The molecule has 0 aromatic heterocycles. The molecule has 2 rings (SSSR count). The molecule has 1 aromatic carbocycles. The van der Waals surface area contributed by atoms with E-state index in [0.29, 0.717) is 6.42 Å². The number of allylic oxidation sites excluding steroid dienone is 1. The van der Waals surface area contributed by atoms with Crippen LogP contribution in [0.4, 0.5) is 5.69 Å². The van der Waals surface area contributed by atoms with Gasteiger partial charge in [-0.1, -0.05) is 11.6 Å². The second-order valence-electron chi connectivity index (χ2n) is 5.35. The predicted octanol–water partition coefficient (Wildman–Crippen LogP) is 2.77. The maximum atomic E-state index is 12.4. The summed E-state index contributed by atoms with van der Waals surface area (Å²) in [7, 11) is -2.54. The van der Waals surface area contributed by atoms with Gasteiger partial charge in [-0.25, -0.2) is 13.1 Å². The van der Waals surface area contributed by atoms with E-state index in [0.717, 1.165) is 25.3 Å². The van der Waals surface area contributed by atoms with Crippen LogP contribution in [0, 0.1) is 10.1 Å². The van der Waals surface area contributed by atoms with Crippen molar-refractivity contribution in [2.45, 2.75) is 37.0 Å². The molecule has 8 heteroatoms. The van der Waals surface area contributed by atoms with Crippen LogP contribution in [0.25, 0.3) is 0 Å². The predicted molar refractivity (Wildman–Crippen MR) is 86.0 cm³/mol. The third-order valence-corrected chi connectivity index (χ3v) is 5.25. The Labute approximate surface area is 135 Å². The zero-order valence-electron chi connectivity index (χ0n) is 12.9. The largest absolute Gasteiger partial charge is 0.495 e.